The van der Waals surface area contributed by atoms with Crippen molar-refractivity contribution < 1.29 is 34.8 Å². The molecule has 13 heteroatoms. The van der Waals surface area contributed by atoms with E-state index < -0.39 is 36.6 Å². The Morgan fingerprint density at radius 2 is 1.46 bits per heavy atom. The van der Waals surface area contributed by atoms with Crippen LogP contribution in [0.2, 0.25) is 0 Å². The molecule has 0 aliphatic heterocycles. The second-order valence-corrected chi connectivity index (χ2v) is 4.15. The Morgan fingerprint density at radius 3 is 1.67 bits per heavy atom. The molecule has 0 aliphatic rings. The van der Waals surface area contributed by atoms with Gasteiger partial charge in [-0.3, -0.25) is 19.8 Å². The number of aliphatic hydroxyl groups is 1. The number of aliphatic hydroxyl groups excluding tert-OH is 1. The Balaban J connectivity index is -0.000000311. The summed E-state index contributed by atoms with van der Waals surface area (Å²) in [5.41, 5.74) is 19.6. The van der Waals surface area contributed by atoms with Gasteiger partial charge in [0, 0.05) is 6.54 Å². The first-order valence-electron chi connectivity index (χ1n) is 6.56. The minimum absolute atomic E-state index is 0.112. The predicted octanol–water partition coefficient (Wildman–Crippen LogP) is -3.92. The van der Waals surface area contributed by atoms with Gasteiger partial charge in [0.15, 0.2) is 5.96 Å². The Labute approximate surface area is 138 Å². The number of hydrogen-bond donors (Lipinski definition) is 10. The van der Waals surface area contributed by atoms with Gasteiger partial charge in [0.05, 0.1) is 13.2 Å². The molecular weight excluding hydrogens is 328 g/mol. The molecule has 0 aliphatic carbocycles. The van der Waals surface area contributed by atoms with Crippen molar-refractivity contribution in [2.75, 3.05) is 19.7 Å². The van der Waals surface area contributed by atoms with Gasteiger partial charge in [0.2, 0.25) is 0 Å². The highest BCUT2D eigenvalue weighted by Gasteiger charge is 2.09. The van der Waals surface area contributed by atoms with E-state index in [1.807, 2.05) is 0 Å². The number of nitrogens with two attached hydrogens (primary N) is 4. The van der Waals surface area contributed by atoms with Crippen molar-refractivity contribution in [1.82, 2.24) is 5.32 Å². The number of carboxylic acids is 3. The van der Waals surface area contributed by atoms with Crippen LogP contribution in [0.25, 0.3) is 0 Å². The Kier molecular flexibility index (Phi) is 18.6. The quantitative estimate of drug-likeness (QED) is 0.114. The highest BCUT2D eigenvalue weighted by molar-refractivity contribution is 5.74. The number of guanidine groups is 1. The van der Waals surface area contributed by atoms with E-state index in [1.54, 1.807) is 0 Å². The summed E-state index contributed by atoms with van der Waals surface area (Å²) in [5.74, 6) is -3.26. The number of nitrogens with one attached hydrogen (secondary N) is 2. The van der Waals surface area contributed by atoms with E-state index >= 15 is 0 Å². The summed E-state index contributed by atoms with van der Waals surface area (Å²) < 4.78 is 0. The second-order valence-electron chi connectivity index (χ2n) is 4.15. The van der Waals surface area contributed by atoms with Gasteiger partial charge >= 0.3 is 17.9 Å². The lowest BCUT2D eigenvalue weighted by atomic mass is 10.2. The third-order valence-corrected chi connectivity index (χ3v) is 2.01. The first-order valence-corrected chi connectivity index (χ1v) is 6.56. The third-order valence-electron chi connectivity index (χ3n) is 2.01. The monoisotopic (exact) mass is 354 g/mol. The summed E-state index contributed by atoms with van der Waals surface area (Å²) >= 11 is 0. The molecule has 0 unspecified atom stereocenters. The van der Waals surface area contributed by atoms with Gasteiger partial charge in [-0.2, -0.15) is 0 Å². The molecule has 24 heavy (non-hydrogen) atoms. The summed E-state index contributed by atoms with van der Waals surface area (Å²) in [5, 5.41) is 41.2. The molecule has 142 valence electrons. The van der Waals surface area contributed by atoms with Crippen LogP contribution in [0.15, 0.2) is 0 Å². The normalized spacial score (nSPS) is 11.5. The average molecular weight is 354 g/mol. The first kappa shape index (κ1) is 26.4. The van der Waals surface area contributed by atoms with Gasteiger partial charge in [-0.15, -0.1) is 0 Å². The maximum atomic E-state index is 10.2. The van der Waals surface area contributed by atoms with Crippen molar-refractivity contribution in [2.24, 2.45) is 22.9 Å². The molecule has 13 nitrogen and oxygen atoms in total. The number of carboxylic acid groups (broad SMARTS) is 3. The summed E-state index contributed by atoms with van der Waals surface area (Å²) in [6, 6.07) is -1.95. The van der Waals surface area contributed by atoms with Crippen molar-refractivity contribution in [3.05, 3.63) is 0 Å². The molecule has 0 aromatic heterocycles. The summed E-state index contributed by atoms with van der Waals surface area (Å²) in [6.45, 7) is -0.300. The molecular formula is C11H26N6O7. The number of carbonyl (C=O) groups is 3. The Morgan fingerprint density at radius 1 is 1.04 bits per heavy atom. The van der Waals surface area contributed by atoms with E-state index in [9.17, 15) is 14.4 Å². The Bertz CT molecular complexity index is 393. The van der Waals surface area contributed by atoms with E-state index in [2.05, 4.69) is 11.1 Å². The van der Waals surface area contributed by atoms with Crippen LogP contribution in [0.3, 0.4) is 0 Å². The fraction of sp³-hybridized carbons (Fsp3) is 0.636. The van der Waals surface area contributed by atoms with Crippen molar-refractivity contribution in [3.8, 4) is 0 Å². The second kappa shape index (κ2) is 16.9. The maximum absolute atomic E-state index is 10.2. The van der Waals surface area contributed by atoms with Crippen LogP contribution >= 0.6 is 0 Å². The zero-order chi connectivity index (χ0) is 19.7. The van der Waals surface area contributed by atoms with Crippen LogP contribution < -0.4 is 28.3 Å². The fourth-order valence-corrected chi connectivity index (χ4v) is 0.747. The molecule has 0 rings (SSSR count). The van der Waals surface area contributed by atoms with Crippen molar-refractivity contribution in [1.29, 1.82) is 5.41 Å². The van der Waals surface area contributed by atoms with Gasteiger partial charge in [0.1, 0.15) is 12.1 Å². The van der Waals surface area contributed by atoms with Crippen LogP contribution in [0.5, 0.6) is 0 Å². The Hall–Kier alpha value is -2.48. The number of aliphatic carboxylic acids is 3. The van der Waals surface area contributed by atoms with E-state index in [0.717, 1.165) is 0 Å². The lowest BCUT2D eigenvalue weighted by molar-refractivity contribution is -0.140. The maximum Gasteiger partial charge on any atom is 0.322 e. The van der Waals surface area contributed by atoms with E-state index in [1.165, 1.54) is 0 Å². The molecule has 14 N–H and O–H groups in total. The molecule has 0 saturated carbocycles. The fourth-order valence-electron chi connectivity index (χ4n) is 0.747. The lowest BCUT2D eigenvalue weighted by Crippen LogP contribution is -2.34. The van der Waals surface area contributed by atoms with Crippen LogP contribution in [0, 0.1) is 5.41 Å². The summed E-state index contributed by atoms with van der Waals surface area (Å²) in [4.78, 5) is 29.1. The van der Waals surface area contributed by atoms with Crippen molar-refractivity contribution in [2.45, 2.75) is 24.9 Å². The number of rotatable bonds is 8. The zero-order valence-corrected chi connectivity index (χ0v) is 13.0. The number of hydrogen-bond acceptors (Lipinski definition) is 8. The molecule has 0 saturated heterocycles. The SMILES string of the molecule is N=C(N)NCCC[C@H](N)C(=O)O.NCC(=O)O.N[C@@H](CO)C(=O)O. The van der Waals surface area contributed by atoms with Gasteiger partial charge in [0.25, 0.3) is 0 Å². The lowest BCUT2D eigenvalue weighted by Gasteiger charge is -2.06. The van der Waals surface area contributed by atoms with Gasteiger partial charge in [-0.25, -0.2) is 0 Å². The third kappa shape index (κ3) is 24.5. The standard InChI is InChI=1S/C6H14N4O2.C3H7NO3.C2H5NO2/c7-4(5(11)12)2-1-3-10-6(8)9;4-2(1-5)3(6)7;3-1-2(4)5/h4H,1-3,7H2,(H,11,12)(H4,8,9,10);2,5H,1,4H2,(H,6,7);1,3H2,(H,4,5)/t4-;2-;/m00./s1. The molecule has 0 spiro atoms. The zero-order valence-electron chi connectivity index (χ0n) is 13.0. The molecule has 0 aromatic carbocycles. The molecule has 0 bridgehead atoms. The van der Waals surface area contributed by atoms with Gasteiger partial charge < -0.3 is 48.7 Å². The smallest absolute Gasteiger partial charge is 0.322 e. The van der Waals surface area contributed by atoms with Crippen molar-refractivity contribution in [3.63, 3.8) is 0 Å². The summed E-state index contributed by atoms with van der Waals surface area (Å²) in [6.07, 6.45) is 0.975. The van der Waals surface area contributed by atoms with Crippen LogP contribution in [-0.2, 0) is 14.4 Å². The van der Waals surface area contributed by atoms with Gasteiger partial charge in [-0.05, 0) is 12.8 Å². The predicted molar refractivity (Wildman–Crippen MR) is 84.1 cm³/mol. The van der Waals surface area contributed by atoms with Crippen LogP contribution in [0.1, 0.15) is 12.8 Å². The van der Waals surface area contributed by atoms with Gasteiger partial charge in [-0.1, -0.05) is 0 Å². The summed E-state index contributed by atoms with van der Waals surface area (Å²) in [7, 11) is 0. The topological polar surface area (TPSA) is 272 Å². The molecule has 0 heterocycles. The highest BCUT2D eigenvalue weighted by Crippen LogP contribution is 1.92. The minimum atomic E-state index is -1.18. The minimum Gasteiger partial charge on any atom is -0.480 e. The van der Waals surface area contributed by atoms with E-state index in [4.69, 9.17) is 43.0 Å². The molecule has 0 fully saturated rings. The van der Waals surface area contributed by atoms with Crippen LogP contribution in [0.4, 0.5) is 0 Å². The van der Waals surface area contributed by atoms with E-state index in [0.29, 0.717) is 19.4 Å². The molecule has 0 aromatic rings. The molecule has 2 atom stereocenters. The van der Waals surface area contributed by atoms with Crippen molar-refractivity contribution >= 4 is 23.9 Å². The average Bonchev–Trinajstić information content (AvgIpc) is 2.51. The highest BCUT2D eigenvalue weighted by atomic mass is 16.4. The first-order chi connectivity index (χ1) is 11.0. The largest absolute Gasteiger partial charge is 0.480 e. The van der Waals surface area contributed by atoms with Crippen LogP contribution in [-0.4, -0.2) is 76.1 Å². The molecule has 0 radical (unpaired) electrons. The van der Waals surface area contributed by atoms with E-state index in [-0.39, 0.29) is 12.5 Å². The molecule has 0 amide bonds.